The summed E-state index contributed by atoms with van der Waals surface area (Å²) >= 11 is 0. The Bertz CT molecular complexity index is 1280. The molecule has 2 rings (SSSR count). The van der Waals surface area contributed by atoms with Crippen molar-refractivity contribution in [3.63, 3.8) is 0 Å². The Morgan fingerprint density at radius 2 is 1.10 bits per heavy atom. The first-order chi connectivity index (χ1) is 30.1. The maximum atomic E-state index is 14.3. The van der Waals surface area contributed by atoms with Crippen molar-refractivity contribution in [2.24, 2.45) is 11.7 Å². The molecule has 0 aliphatic carbocycles. The topological polar surface area (TPSA) is 163 Å². The van der Waals surface area contributed by atoms with Crippen LogP contribution in [0.25, 0.3) is 0 Å². The number of benzene rings is 1. The fourth-order valence-corrected chi connectivity index (χ4v) is 8.52. The van der Waals surface area contributed by atoms with Gasteiger partial charge in [-0.05, 0) is 24.3 Å². The normalized spacial score (nSPS) is 19.4. The number of carbonyl (C=O) groups excluding carboxylic acids is 3. The Labute approximate surface area is 377 Å². The van der Waals surface area contributed by atoms with Gasteiger partial charge in [-0.3, -0.25) is 9.59 Å². The van der Waals surface area contributed by atoms with E-state index in [9.17, 15) is 29.7 Å². The summed E-state index contributed by atoms with van der Waals surface area (Å²) in [5.41, 5.74) is 7.06. The highest BCUT2D eigenvalue weighted by atomic mass is 16.6. The second-order valence-corrected chi connectivity index (χ2v) is 18.4. The number of hydrogen-bond donors (Lipinski definition) is 4. The summed E-state index contributed by atoms with van der Waals surface area (Å²) in [7, 11) is 0. The summed E-state index contributed by atoms with van der Waals surface area (Å²) in [5.74, 6) is -1.42. The second kappa shape index (κ2) is 34.8. The molecule has 1 heterocycles. The lowest BCUT2D eigenvalue weighted by molar-refractivity contribution is -0.245. The molecule has 0 unspecified atom stereocenters. The van der Waals surface area contributed by atoms with Crippen molar-refractivity contribution in [3.05, 3.63) is 35.9 Å². The molecule has 0 radical (unpaired) electrons. The zero-order valence-corrected chi connectivity index (χ0v) is 39.7. The van der Waals surface area contributed by atoms with E-state index in [1.165, 1.54) is 127 Å². The summed E-state index contributed by atoms with van der Waals surface area (Å²) in [6.45, 7) is 7.45. The van der Waals surface area contributed by atoms with Crippen LogP contribution < -0.4 is 5.73 Å². The number of amides is 3. The van der Waals surface area contributed by atoms with Gasteiger partial charge in [-0.25, -0.2) is 9.69 Å². The van der Waals surface area contributed by atoms with E-state index in [1.54, 1.807) is 38.1 Å². The van der Waals surface area contributed by atoms with Gasteiger partial charge in [0, 0.05) is 13.0 Å². The minimum absolute atomic E-state index is 0.156. The predicted molar refractivity (Wildman–Crippen MR) is 250 cm³/mol. The van der Waals surface area contributed by atoms with Gasteiger partial charge in [0.2, 0.25) is 11.8 Å². The zero-order valence-electron chi connectivity index (χ0n) is 39.7. The van der Waals surface area contributed by atoms with Gasteiger partial charge >= 0.3 is 6.09 Å². The van der Waals surface area contributed by atoms with Gasteiger partial charge in [0.25, 0.3) is 0 Å². The first-order valence-corrected chi connectivity index (χ1v) is 25.3. The summed E-state index contributed by atoms with van der Waals surface area (Å²) in [5, 5.41) is 33.3. The lowest BCUT2D eigenvalue weighted by Gasteiger charge is -2.49. The summed E-state index contributed by atoms with van der Waals surface area (Å²) in [6, 6.07) is 6.31. The van der Waals surface area contributed by atoms with Crippen LogP contribution in [0.5, 0.6) is 0 Å². The van der Waals surface area contributed by atoms with Crippen LogP contribution >= 0.6 is 0 Å². The average molecular weight is 874 g/mol. The fourth-order valence-electron chi connectivity index (χ4n) is 8.52. The maximum Gasteiger partial charge on any atom is 0.417 e. The molecule has 1 saturated heterocycles. The zero-order chi connectivity index (χ0) is 45.4. The minimum atomic E-state index is -1.76. The van der Waals surface area contributed by atoms with Crippen molar-refractivity contribution in [2.45, 2.75) is 251 Å². The number of aliphatic hydroxyl groups excluding tert-OH is 3. The predicted octanol–water partition coefficient (Wildman–Crippen LogP) is 10.7. The van der Waals surface area contributed by atoms with Crippen molar-refractivity contribution >= 4 is 17.9 Å². The minimum Gasteiger partial charge on any atom is -0.444 e. The number of aliphatic hydroxyl groups is 3. The Hall–Kier alpha value is -2.57. The molecule has 62 heavy (non-hydrogen) atoms. The van der Waals surface area contributed by atoms with Crippen molar-refractivity contribution in [3.8, 4) is 0 Å². The van der Waals surface area contributed by atoms with Crippen LogP contribution in [0.15, 0.2) is 30.3 Å². The maximum absolute atomic E-state index is 14.3. The van der Waals surface area contributed by atoms with Gasteiger partial charge < -0.3 is 35.4 Å². The van der Waals surface area contributed by atoms with Crippen molar-refractivity contribution in [1.82, 2.24) is 9.80 Å². The smallest absolute Gasteiger partial charge is 0.417 e. The summed E-state index contributed by atoms with van der Waals surface area (Å²) in [4.78, 5) is 44.9. The number of carbonyl (C=O) groups is 3. The third-order valence-electron chi connectivity index (χ3n) is 12.7. The molecule has 11 nitrogen and oxygen atoms in total. The number of imide groups is 1. The van der Waals surface area contributed by atoms with E-state index in [-0.39, 0.29) is 31.4 Å². The number of nitrogens with two attached hydrogens (primary N) is 1. The first kappa shape index (κ1) is 55.6. The van der Waals surface area contributed by atoms with Crippen molar-refractivity contribution in [2.75, 3.05) is 13.2 Å². The third kappa shape index (κ3) is 21.9. The van der Waals surface area contributed by atoms with Gasteiger partial charge in [0.1, 0.15) is 31.0 Å². The average Bonchev–Trinajstić information content (AvgIpc) is 3.27. The van der Waals surface area contributed by atoms with Gasteiger partial charge in [-0.1, -0.05) is 219 Å². The van der Waals surface area contributed by atoms with Crippen molar-refractivity contribution < 1.29 is 39.2 Å². The van der Waals surface area contributed by atoms with Gasteiger partial charge in [-0.15, -0.1) is 0 Å². The van der Waals surface area contributed by atoms with Crippen LogP contribution in [0.2, 0.25) is 0 Å². The highest BCUT2D eigenvalue weighted by Gasteiger charge is 2.53. The number of rotatable bonds is 36. The molecule has 358 valence electrons. The lowest BCUT2D eigenvalue weighted by atomic mass is 9.92. The number of nitrogens with zero attached hydrogens (tertiary/aromatic N) is 2. The number of hydrogen-bond acceptors (Lipinski definition) is 9. The van der Waals surface area contributed by atoms with Gasteiger partial charge in [-0.2, -0.15) is 0 Å². The molecule has 1 aromatic rings. The summed E-state index contributed by atoms with van der Waals surface area (Å²) in [6.07, 6.45) is 25.0. The quantitative estimate of drug-likeness (QED) is 0.0481. The van der Waals surface area contributed by atoms with E-state index in [0.717, 1.165) is 43.4 Å². The van der Waals surface area contributed by atoms with Crippen LogP contribution in [0.4, 0.5) is 4.79 Å². The lowest BCUT2D eigenvalue weighted by Crippen LogP contribution is -2.71. The van der Waals surface area contributed by atoms with E-state index in [0.29, 0.717) is 18.4 Å². The molecule has 6 atom stereocenters. The molecule has 1 aliphatic rings. The highest BCUT2D eigenvalue weighted by molar-refractivity contribution is 5.95. The SMILES string of the molecule is CCCCCCCCCCCCCCCCCC(=O)N(CCCCCCCCCCCCCC)[C@@H]1O[C@H](CO)[C@@H](O)[C@H](O)[C@H]1N(C(=O)OCc1ccccc1)C(=O)[C@@H](N)C(C)C. The van der Waals surface area contributed by atoms with Crippen LogP contribution in [0.1, 0.15) is 213 Å². The second-order valence-electron chi connectivity index (χ2n) is 18.4. The van der Waals surface area contributed by atoms with Crippen LogP contribution in [0.3, 0.4) is 0 Å². The molecule has 0 bridgehead atoms. The molecule has 11 heteroatoms. The van der Waals surface area contributed by atoms with E-state index >= 15 is 0 Å². The Balaban J connectivity index is 2.17. The van der Waals surface area contributed by atoms with Gasteiger partial charge in [0.05, 0.1) is 12.6 Å². The molecule has 1 aliphatic heterocycles. The Morgan fingerprint density at radius 3 is 1.53 bits per heavy atom. The highest BCUT2D eigenvalue weighted by Crippen LogP contribution is 2.31. The molecule has 1 fully saturated rings. The van der Waals surface area contributed by atoms with Crippen LogP contribution in [0, 0.1) is 5.92 Å². The molecule has 0 aromatic heterocycles. The summed E-state index contributed by atoms with van der Waals surface area (Å²) < 4.78 is 12.0. The third-order valence-corrected chi connectivity index (χ3v) is 12.7. The number of unbranched alkanes of at least 4 members (excludes halogenated alkanes) is 25. The van der Waals surface area contributed by atoms with Crippen LogP contribution in [-0.2, 0) is 25.7 Å². The van der Waals surface area contributed by atoms with E-state index in [4.69, 9.17) is 15.2 Å². The molecule has 5 N–H and O–H groups in total. The van der Waals surface area contributed by atoms with E-state index in [1.807, 2.05) is 6.07 Å². The molecular formula is C51H91N3O8. The molecule has 0 spiro atoms. The number of ether oxygens (including phenoxy) is 2. The molecular weight excluding hydrogens is 783 g/mol. The molecule has 1 aromatic carbocycles. The Kier molecular flexibility index (Phi) is 31.2. The van der Waals surface area contributed by atoms with E-state index in [2.05, 4.69) is 13.8 Å². The molecule has 3 amide bonds. The first-order valence-electron chi connectivity index (χ1n) is 25.3. The standard InChI is InChI=1S/C51H91N3O8/c1-5-7-9-11-13-15-17-19-20-21-22-24-26-28-33-37-44(56)53(38-34-29-27-25-23-18-16-14-12-10-8-6-2)50-46(48(58)47(57)43(39-55)62-50)54(49(59)45(52)41(3)4)51(60)61-40-42-35-31-30-32-36-42/h30-32,35-36,41,43,45-48,50,55,57-58H,5-29,33-34,37-40,52H2,1-4H3/t43-,45+,46-,47-,48-,50-/m1/s1. The Morgan fingerprint density at radius 1 is 0.661 bits per heavy atom. The van der Waals surface area contributed by atoms with Crippen LogP contribution in [-0.4, -0.2) is 92.8 Å². The molecule has 0 saturated carbocycles. The van der Waals surface area contributed by atoms with Gasteiger partial charge in [0.15, 0.2) is 6.23 Å². The van der Waals surface area contributed by atoms with Crippen molar-refractivity contribution in [1.29, 1.82) is 0 Å². The fraction of sp³-hybridized carbons (Fsp3) is 0.824. The van der Waals surface area contributed by atoms with E-state index < -0.39 is 55.2 Å². The monoisotopic (exact) mass is 874 g/mol. The largest absolute Gasteiger partial charge is 0.444 e.